The maximum Gasteiger partial charge on any atom is 0.238 e. The van der Waals surface area contributed by atoms with Gasteiger partial charge in [0, 0.05) is 38.4 Å². The number of hydrogen-bond acceptors (Lipinski definition) is 3. The van der Waals surface area contributed by atoms with E-state index in [2.05, 4.69) is 288 Å². The number of benzene rings is 13. The van der Waals surface area contributed by atoms with E-state index in [-0.39, 0.29) is 0 Å². The molecule has 0 atom stereocenters. The highest BCUT2D eigenvalue weighted by Gasteiger charge is 2.47. The highest BCUT2D eigenvalue weighted by Crippen LogP contribution is 2.58. The van der Waals surface area contributed by atoms with Crippen LogP contribution in [0, 0.1) is 0 Å². The molecule has 0 N–H and O–H groups in total. The van der Waals surface area contributed by atoms with Crippen LogP contribution in [-0.2, 0) is 5.41 Å². The molecule has 0 saturated heterocycles. The monoisotopic (exact) mass is 1030 g/mol. The van der Waals surface area contributed by atoms with Crippen LogP contribution in [0.2, 0.25) is 0 Å². The Labute approximate surface area is 467 Å². The molecule has 0 unspecified atom stereocenters. The first-order chi connectivity index (χ1) is 40.2. The van der Waals surface area contributed by atoms with Gasteiger partial charge in [-0.1, -0.05) is 243 Å². The second kappa shape index (κ2) is 17.6. The average molecular weight is 1030 g/mol. The van der Waals surface area contributed by atoms with Crippen molar-refractivity contribution in [3.8, 4) is 56.7 Å². The highest BCUT2D eigenvalue weighted by atomic mass is 15.2. The van der Waals surface area contributed by atoms with E-state index in [1.807, 2.05) is 6.07 Å². The summed E-state index contributed by atoms with van der Waals surface area (Å²) in [6.45, 7) is 0. The second-order valence-electron chi connectivity index (χ2n) is 21.4. The quantitative estimate of drug-likeness (QED) is 0.149. The van der Waals surface area contributed by atoms with Gasteiger partial charge in [-0.05, 0) is 119 Å². The highest BCUT2D eigenvalue weighted by molar-refractivity contribution is 6.26. The topological polar surface area (TPSA) is 48.5 Å². The molecule has 5 nitrogen and oxygen atoms in total. The van der Waals surface area contributed by atoms with E-state index in [9.17, 15) is 0 Å². The fourth-order valence-corrected chi connectivity index (χ4v) is 13.8. The molecule has 1 aliphatic carbocycles. The Morgan fingerprint density at radius 3 is 1.42 bits per heavy atom. The molecule has 0 aliphatic heterocycles. The number of aromatic nitrogens is 5. The summed E-state index contributed by atoms with van der Waals surface area (Å²) in [4.78, 5) is 16.6. The minimum atomic E-state index is -0.585. The molecular formula is C76H47N5. The third-order valence-electron chi connectivity index (χ3n) is 17.2. The van der Waals surface area contributed by atoms with Crippen molar-refractivity contribution in [1.29, 1.82) is 0 Å². The summed E-state index contributed by atoms with van der Waals surface area (Å²) in [7, 11) is 0. The summed E-state index contributed by atoms with van der Waals surface area (Å²) >= 11 is 0. The Kier molecular flexibility index (Phi) is 9.86. The summed E-state index contributed by atoms with van der Waals surface area (Å²) in [5.41, 5.74) is 16.1. The van der Waals surface area contributed by atoms with Gasteiger partial charge in [0.2, 0.25) is 5.95 Å². The predicted molar refractivity (Wildman–Crippen MR) is 335 cm³/mol. The standard InChI is InChI=1S/C76H47N5/c1-4-22-48(23-5-1)73-77-74(62-37-21-39-67-72(62)61-36-14-17-38-66(61)76(67,51-25-6-2-7-26-51)52-27-8-3-9-28-52)79-75(78-73)81-69-41-19-16-35-60(69)65-46-64-59-34-15-18-40-68(59)80(70(64)47-71(65)81)53-29-20-24-49(44-53)50-42-43-58-56-32-11-10-30-54(56)55-31-12-13-33-57(55)63(58)45-50/h1-47H. The molecule has 13 aromatic carbocycles. The van der Waals surface area contributed by atoms with Crippen LogP contribution in [0.15, 0.2) is 285 Å². The molecular weight excluding hydrogens is 983 g/mol. The van der Waals surface area contributed by atoms with Crippen LogP contribution >= 0.6 is 0 Å². The molecule has 0 amide bonds. The fourth-order valence-electron chi connectivity index (χ4n) is 13.8. The van der Waals surface area contributed by atoms with Crippen molar-refractivity contribution in [2.45, 2.75) is 5.41 Å². The van der Waals surface area contributed by atoms with E-state index < -0.39 is 5.41 Å². The van der Waals surface area contributed by atoms with Crippen LogP contribution in [0.25, 0.3) is 133 Å². The summed E-state index contributed by atoms with van der Waals surface area (Å²) in [6, 6.07) is 104. The van der Waals surface area contributed by atoms with Gasteiger partial charge in [0.05, 0.1) is 27.5 Å². The Morgan fingerprint density at radius 1 is 0.259 bits per heavy atom. The molecule has 3 heterocycles. The molecule has 0 fully saturated rings. The van der Waals surface area contributed by atoms with Crippen molar-refractivity contribution in [2.75, 3.05) is 0 Å². The van der Waals surface area contributed by atoms with Crippen LogP contribution in [0.3, 0.4) is 0 Å². The van der Waals surface area contributed by atoms with Gasteiger partial charge in [-0.2, -0.15) is 9.97 Å². The Hall–Kier alpha value is -10.8. The zero-order valence-electron chi connectivity index (χ0n) is 43.9. The summed E-state index contributed by atoms with van der Waals surface area (Å²) < 4.78 is 4.70. The van der Waals surface area contributed by atoms with Crippen LogP contribution in [0.4, 0.5) is 0 Å². The van der Waals surface area contributed by atoms with Crippen molar-refractivity contribution < 1.29 is 0 Å². The van der Waals surface area contributed by atoms with Gasteiger partial charge >= 0.3 is 0 Å². The minimum Gasteiger partial charge on any atom is -0.309 e. The van der Waals surface area contributed by atoms with E-state index in [1.165, 1.54) is 70.9 Å². The van der Waals surface area contributed by atoms with Gasteiger partial charge in [-0.25, -0.2) is 4.98 Å². The molecule has 0 bridgehead atoms. The van der Waals surface area contributed by atoms with Gasteiger partial charge in [0.25, 0.3) is 0 Å². The second-order valence-corrected chi connectivity index (χ2v) is 21.4. The molecule has 17 rings (SSSR count). The number of rotatable bonds is 7. The van der Waals surface area contributed by atoms with Gasteiger partial charge in [0.1, 0.15) is 0 Å². The molecule has 0 spiro atoms. The van der Waals surface area contributed by atoms with Crippen molar-refractivity contribution in [3.05, 3.63) is 307 Å². The van der Waals surface area contributed by atoms with Crippen LogP contribution < -0.4 is 0 Å². The SMILES string of the molecule is c1ccc(-c2nc(-c3cccc4c3-c3ccccc3C4(c3ccccc3)c3ccccc3)nc(-n3c4ccccc4c4cc5c6ccccc6n(-c6cccc(-c7ccc8c9ccccc9c9ccccc9c8c7)c6)c5cc43)n2)cc1. The van der Waals surface area contributed by atoms with E-state index in [0.29, 0.717) is 17.6 Å². The van der Waals surface area contributed by atoms with Gasteiger partial charge < -0.3 is 4.57 Å². The number of nitrogens with zero attached hydrogens (tertiary/aromatic N) is 5. The van der Waals surface area contributed by atoms with Gasteiger partial charge in [-0.3, -0.25) is 4.57 Å². The Morgan fingerprint density at radius 2 is 0.741 bits per heavy atom. The maximum atomic E-state index is 5.66. The average Bonchev–Trinajstić information content (AvgIpc) is 3.02. The lowest BCUT2D eigenvalue weighted by atomic mass is 9.67. The molecule has 376 valence electrons. The molecule has 1 aliphatic rings. The molecule has 16 aromatic rings. The molecule has 81 heavy (non-hydrogen) atoms. The molecule has 3 aromatic heterocycles. The first kappa shape index (κ1) is 45.3. The van der Waals surface area contributed by atoms with Crippen LogP contribution in [0.1, 0.15) is 22.3 Å². The molecule has 0 radical (unpaired) electrons. The van der Waals surface area contributed by atoms with E-state index >= 15 is 0 Å². The van der Waals surface area contributed by atoms with Gasteiger partial charge in [-0.15, -0.1) is 0 Å². The summed E-state index contributed by atoms with van der Waals surface area (Å²) in [6.07, 6.45) is 0. The smallest absolute Gasteiger partial charge is 0.238 e. The first-order valence-corrected chi connectivity index (χ1v) is 27.8. The van der Waals surface area contributed by atoms with Crippen molar-refractivity contribution in [3.63, 3.8) is 0 Å². The number of hydrogen-bond donors (Lipinski definition) is 0. The van der Waals surface area contributed by atoms with E-state index in [0.717, 1.165) is 66.3 Å². The Bertz CT molecular complexity index is 5160. The number of fused-ring (bicyclic) bond motifs is 15. The Balaban J connectivity index is 0.895. The third-order valence-corrected chi connectivity index (χ3v) is 17.2. The van der Waals surface area contributed by atoms with E-state index in [4.69, 9.17) is 15.0 Å². The number of para-hydroxylation sites is 2. The van der Waals surface area contributed by atoms with Crippen molar-refractivity contribution >= 4 is 75.9 Å². The lowest BCUT2D eigenvalue weighted by Crippen LogP contribution is -2.28. The van der Waals surface area contributed by atoms with Crippen LogP contribution in [0.5, 0.6) is 0 Å². The normalized spacial score (nSPS) is 12.8. The lowest BCUT2D eigenvalue weighted by molar-refractivity contribution is 0.768. The van der Waals surface area contributed by atoms with Gasteiger partial charge in [0.15, 0.2) is 11.6 Å². The maximum absolute atomic E-state index is 5.66. The van der Waals surface area contributed by atoms with Crippen LogP contribution in [-0.4, -0.2) is 24.1 Å². The summed E-state index contributed by atoms with van der Waals surface area (Å²) in [5.74, 6) is 1.76. The zero-order valence-corrected chi connectivity index (χ0v) is 43.9. The third kappa shape index (κ3) is 6.64. The van der Waals surface area contributed by atoms with E-state index in [1.54, 1.807) is 0 Å². The predicted octanol–water partition coefficient (Wildman–Crippen LogP) is 18.9. The minimum absolute atomic E-state index is 0.548. The molecule has 5 heteroatoms. The largest absolute Gasteiger partial charge is 0.309 e. The fraction of sp³-hybridized carbons (Fsp3) is 0.0132. The van der Waals surface area contributed by atoms with Crippen molar-refractivity contribution in [2.24, 2.45) is 0 Å². The first-order valence-electron chi connectivity index (χ1n) is 27.8. The summed E-state index contributed by atoms with van der Waals surface area (Å²) in [5, 5.41) is 12.2. The lowest BCUT2D eigenvalue weighted by Gasteiger charge is -2.33. The van der Waals surface area contributed by atoms with Crippen molar-refractivity contribution in [1.82, 2.24) is 24.1 Å². The molecule has 0 saturated carbocycles. The zero-order chi connectivity index (χ0) is 53.2.